The maximum absolute atomic E-state index is 13.6. The second kappa shape index (κ2) is 12.5. The van der Waals surface area contributed by atoms with Crippen molar-refractivity contribution in [3.05, 3.63) is 94.6 Å². The molecule has 5 aromatic rings. The highest BCUT2D eigenvalue weighted by atomic mass is 35.5. The number of nitrogens with zero attached hydrogens (tertiary/aromatic N) is 5. The maximum Gasteiger partial charge on any atom is 0.281 e. The number of carbonyl (C=O) groups excluding carboxylic acids is 1. The van der Waals surface area contributed by atoms with Crippen molar-refractivity contribution in [1.29, 1.82) is 0 Å². The van der Waals surface area contributed by atoms with E-state index in [1.807, 2.05) is 0 Å². The normalized spacial score (nSPS) is 12.0. The van der Waals surface area contributed by atoms with E-state index in [0.717, 1.165) is 0 Å². The number of rotatable bonds is 10. The quantitative estimate of drug-likeness (QED) is 0.228. The summed E-state index contributed by atoms with van der Waals surface area (Å²) >= 11 is 6.29. The largest absolute Gasteiger partial charge is 0.495 e. The fraction of sp³-hybridized carbons (Fsp3) is 0.207. The molecule has 0 aliphatic heterocycles. The lowest BCUT2D eigenvalue weighted by atomic mass is 10.0. The monoisotopic (exact) mass is 594 g/mol. The number of hydrogen-bond donors (Lipinski definition) is 1. The number of fused-ring (bicyclic) bond motifs is 1. The van der Waals surface area contributed by atoms with Crippen LogP contribution in [0.25, 0.3) is 27.8 Å². The highest BCUT2D eigenvalue weighted by Gasteiger charge is 2.25. The zero-order valence-electron chi connectivity index (χ0n) is 22.5. The molecule has 0 saturated carbocycles. The molecule has 1 N–H and O–H groups in total. The number of benzene rings is 2. The van der Waals surface area contributed by atoms with Gasteiger partial charge in [0.25, 0.3) is 12.0 Å². The van der Waals surface area contributed by atoms with Crippen LogP contribution in [0.15, 0.2) is 78.4 Å². The van der Waals surface area contributed by atoms with E-state index < -0.39 is 29.6 Å². The van der Waals surface area contributed by atoms with Crippen LogP contribution in [-0.4, -0.2) is 50.8 Å². The Kier molecular flexibility index (Phi) is 8.55. The zero-order valence-corrected chi connectivity index (χ0v) is 23.3. The number of ether oxygens (including phenoxy) is 2. The number of alkyl halides is 2. The van der Waals surface area contributed by atoms with Crippen LogP contribution in [0, 0.1) is 0 Å². The van der Waals surface area contributed by atoms with Gasteiger partial charge in [-0.2, -0.15) is 0 Å². The molecule has 0 aliphatic rings. The van der Waals surface area contributed by atoms with Crippen LogP contribution in [0.1, 0.15) is 24.6 Å². The summed E-state index contributed by atoms with van der Waals surface area (Å²) in [5.74, 6) is -0.197. The van der Waals surface area contributed by atoms with Crippen LogP contribution in [-0.2, 0) is 9.53 Å². The van der Waals surface area contributed by atoms with Gasteiger partial charge < -0.3 is 19.4 Å². The summed E-state index contributed by atoms with van der Waals surface area (Å²) in [4.78, 5) is 39.3. The lowest BCUT2D eigenvalue weighted by Crippen LogP contribution is -2.34. The number of anilines is 1. The Hall–Kier alpha value is -4.68. The van der Waals surface area contributed by atoms with Crippen molar-refractivity contribution >= 4 is 34.2 Å². The first-order chi connectivity index (χ1) is 20.3. The number of hydrogen-bond acceptors (Lipinski definition) is 7. The molecule has 1 atom stereocenters. The number of aromatic nitrogens is 5. The lowest BCUT2D eigenvalue weighted by molar-refractivity contribution is -0.119. The fourth-order valence-corrected chi connectivity index (χ4v) is 4.74. The van der Waals surface area contributed by atoms with E-state index in [1.54, 1.807) is 48.8 Å². The molecule has 0 radical (unpaired) electrons. The smallest absolute Gasteiger partial charge is 0.281 e. The van der Waals surface area contributed by atoms with Crippen molar-refractivity contribution in [2.45, 2.75) is 18.9 Å². The number of pyridine rings is 1. The molecule has 1 unspecified atom stereocenters. The zero-order chi connectivity index (χ0) is 29.8. The lowest BCUT2D eigenvalue weighted by Gasteiger charge is -2.22. The van der Waals surface area contributed by atoms with Crippen molar-refractivity contribution in [2.75, 3.05) is 26.1 Å². The van der Waals surface area contributed by atoms with Gasteiger partial charge in [-0.05, 0) is 36.4 Å². The molecule has 3 heterocycles. The van der Waals surface area contributed by atoms with E-state index in [-0.39, 0.29) is 18.8 Å². The molecular formula is C29H25ClF2N6O4. The van der Waals surface area contributed by atoms with Crippen LogP contribution in [0.5, 0.6) is 5.75 Å². The van der Waals surface area contributed by atoms with Gasteiger partial charge >= 0.3 is 0 Å². The summed E-state index contributed by atoms with van der Waals surface area (Å²) in [6.45, 7) is 0.198. The van der Waals surface area contributed by atoms with E-state index in [0.29, 0.717) is 38.6 Å². The first-order valence-corrected chi connectivity index (χ1v) is 13.1. The van der Waals surface area contributed by atoms with Crippen LogP contribution in [0.3, 0.4) is 0 Å². The number of imidazole rings is 1. The van der Waals surface area contributed by atoms with Gasteiger partial charge in [0, 0.05) is 66.6 Å². The number of amides is 1. The molecule has 1 amide bonds. The van der Waals surface area contributed by atoms with E-state index in [2.05, 4.69) is 20.3 Å². The van der Waals surface area contributed by atoms with Crippen molar-refractivity contribution in [3.8, 4) is 22.6 Å². The minimum Gasteiger partial charge on any atom is -0.495 e. The molecule has 0 fully saturated rings. The van der Waals surface area contributed by atoms with Gasteiger partial charge in [-0.1, -0.05) is 11.6 Å². The molecular weight excluding hydrogens is 570 g/mol. The topological polar surface area (TPSA) is 113 Å². The minimum atomic E-state index is -2.75. The second-order valence-corrected chi connectivity index (χ2v) is 9.65. The van der Waals surface area contributed by atoms with Crippen molar-refractivity contribution in [3.63, 3.8) is 0 Å². The maximum atomic E-state index is 13.6. The molecule has 216 valence electrons. The third kappa shape index (κ3) is 5.99. The third-order valence-electron chi connectivity index (χ3n) is 6.59. The van der Waals surface area contributed by atoms with Crippen LogP contribution < -0.4 is 15.6 Å². The third-order valence-corrected chi connectivity index (χ3v) is 6.82. The van der Waals surface area contributed by atoms with Crippen molar-refractivity contribution in [2.24, 2.45) is 0 Å². The SMILES string of the molecule is COCCC(C(=O)Nc1ccc2nccnc2c1)n1cc(OC)c(-c2cc(Cl)ccc2-n2cnc(C(F)F)c2)cc1=O. The second-order valence-electron chi connectivity index (χ2n) is 9.22. The Morgan fingerprint density at radius 3 is 2.50 bits per heavy atom. The molecule has 0 aliphatic carbocycles. The number of halogens is 3. The van der Waals surface area contributed by atoms with E-state index >= 15 is 0 Å². The van der Waals surface area contributed by atoms with Gasteiger partial charge in [-0.3, -0.25) is 24.1 Å². The van der Waals surface area contributed by atoms with Crippen LogP contribution in [0.4, 0.5) is 14.5 Å². The molecule has 3 aromatic heterocycles. The molecule has 5 rings (SSSR count). The Bertz CT molecular complexity index is 1810. The van der Waals surface area contributed by atoms with Crippen molar-refractivity contribution < 1.29 is 23.0 Å². The summed E-state index contributed by atoms with van der Waals surface area (Å²) in [6, 6.07) is 10.3. The van der Waals surface area contributed by atoms with Gasteiger partial charge in [0.05, 0.1) is 36.4 Å². The fourth-order valence-electron chi connectivity index (χ4n) is 4.57. The summed E-state index contributed by atoms with van der Waals surface area (Å²) in [5, 5.41) is 3.20. The molecule has 13 heteroatoms. The summed E-state index contributed by atoms with van der Waals surface area (Å²) in [6.07, 6.45) is 4.46. The standard InChI is InChI=1S/C29H25ClF2N6O4/c1-41-10-7-25(29(40)36-18-4-5-21-22(12-18)34-9-8-33-21)38-15-26(42-2)20(13-27(38)39)19-11-17(30)3-6-24(19)37-14-23(28(31)32)35-16-37/h3-6,8-9,11-16,25,28H,7,10H2,1-2H3,(H,36,40). The number of nitrogens with one attached hydrogen (secondary N) is 1. The minimum absolute atomic E-state index is 0.186. The first-order valence-electron chi connectivity index (χ1n) is 12.7. The van der Waals surface area contributed by atoms with Gasteiger partial charge in [0.2, 0.25) is 5.91 Å². The van der Waals surface area contributed by atoms with Gasteiger partial charge in [-0.15, -0.1) is 0 Å². The Morgan fingerprint density at radius 2 is 1.79 bits per heavy atom. The molecule has 42 heavy (non-hydrogen) atoms. The summed E-state index contributed by atoms with van der Waals surface area (Å²) in [5.41, 5.74) is 2.09. The molecule has 10 nitrogen and oxygen atoms in total. The van der Waals surface area contributed by atoms with E-state index in [4.69, 9.17) is 21.1 Å². The molecule has 0 saturated heterocycles. The van der Waals surface area contributed by atoms with E-state index in [9.17, 15) is 18.4 Å². The molecule has 2 aromatic carbocycles. The predicted octanol–water partition coefficient (Wildman–Crippen LogP) is 5.46. The van der Waals surface area contributed by atoms with Gasteiger partial charge in [0.15, 0.2) is 0 Å². The predicted molar refractivity (Wildman–Crippen MR) is 153 cm³/mol. The van der Waals surface area contributed by atoms with Crippen molar-refractivity contribution in [1.82, 2.24) is 24.1 Å². The average Bonchev–Trinajstić information content (AvgIpc) is 3.48. The number of methoxy groups -OCH3 is 2. The van der Waals surface area contributed by atoms with E-state index in [1.165, 1.54) is 48.1 Å². The van der Waals surface area contributed by atoms with Crippen LogP contribution >= 0.6 is 11.6 Å². The first kappa shape index (κ1) is 28.8. The highest BCUT2D eigenvalue weighted by molar-refractivity contribution is 6.31. The van der Waals surface area contributed by atoms with Crippen LogP contribution in [0.2, 0.25) is 5.02 Å². The summed E-state index contributed by atoms with van der Waals surface area (Å²) in [7, 11) is 2.92. The molecule has 0 spiro atoms. The Balaban J connectivity index is 1.54. The summed E-state index contributed by atoms with van der Waals surface area (Å²) < 4.78 is 40.0. The van der Waals surface area contributed by atoms with Gasteiger partial charge in [-0.25, -0.2) is 13.8 Å². The average molecular weight is 595 g/mol. The highest BCUT2D eigenvalue weighted by Crippen LogP contribution is 2.36. The number of carbonyl (C=O) groups is 1. The Labute approximate surface area is 243 Å². The van der Waals surface area contributed by atoms with Gasteiger partial charge in [0.1, 0.15) is 17.5 Å². The Morgan fingerprint density at radius 1 is 1.00 bits per heavy atom. The molecule has 0 bridgehead atoms.